The molecular formula is C17H25NO3. The summed E-state index contributed by atoms with van der Waals surface area (Å²) in [7, 11) is 0. The van der Waals surface area contributed by atoms with E-state index in [4.69, 9.17) is 0 Å². The highest BCUT2D eigenvalue weighted by Crippen LogP contribution is 2.31. The Labute approximate surface area is 126 Å². The highest BCUT2D eigenvalue weighted by atomic mass is 16.4. The lowest BCUT2D eigenvalue weighted by atomic mass is 9.79. The molecule has 0 saturated heterocycles. The van der Waals surface area contributed by atoms with Gasteiger partial charge in [0.2, 0.25) is 0 Å². The van der Waals surface area contributed by atoms with Gasteiger partial charge in [0.1, 0.15) is 5.75 Å². The van der Waals surface area contributed by atoms with Crippen molar-refractivity contribution in [1.82, 2.24) is 5.32 Å². The third-order valence-corrected chi connectivity index (χ3v) is 4.57. The minimum atomic E-state index is -0.669. The first kappa shape index (κ1) is 15.8. The van der Waals surface area contributed by atoms with Gasteiger partial charge in [0.15, 0.2) is 0 Å². The molecule has 0 spiro atoms. The Bertz CT molecular complexity index is 475. The summed E-state index contributed by atoms with van der Waals surface area (Å²) in [6, 6.07) is 7.42. The van der Waals surface area contributed by atoms with Crippen molar-refractivity contribution in [1.29, 1.82) is 0 Å². The van der Waals surface area contributed by atoms with Gasteiger partial charge in [0, 0.05) is 11.6 Å². The van der Waals surface area contributed by atoms with Crippen molar-refractivity contribution in [3.8, 4) is 5.75 Å². The molecule has 1 fully saturated rings. The smallest absolute Gasteiger partial charge is 0.306 e. The average Bonchev–Trinajstić information content (AvgIpc) is 2.49. The highest BCUT2D eigenvalue weighted by molar-refractivity contribution is 5.70. The first-order chi connectivity index (χ1) is 10.1. The molecule has 0 bridgehead atoms. The molecule has 1 aliphatic carbocycles. The number of para-hydroxylation sites is 1. The summed E-state index contributed by atoms with van der Waals surface area (Å²) in [5, 5.41) is 22.7. The summed E-state index contributed by atoms with van der Waals surface area (Å²) in [4.78, 5) is 11.3. The lowest BCUT2D eigenvalue weighted by Gasteiger charge is -2.30. The Kier molecular flexibility index (Phi) is 5.62. The molecule has 0 aliphatic heterocycles. The Hall–Kier alpha value is -1.55. The van der Waals surface area contributed by atoms with Crippen LogP contribution in [0.15, 0.2) is 24.3 Å². The number of hydrogen-bond acceptors (Lipinski definition) is 3. The summed E-state index contributed by atoms with van der Waals surface area (Å²) in [5.74, 6) is -0.406. The van der Waals surface area contributed by atoms with Crippen LogP contribution < -0.4 is 5.32 Å². The van der Waals surface area contributed by atoms with Gasteiger partial charge in [-0.2, -0.15) is 0 Å². The molecule has 116 valence electrons. The number of aromatic hydroxyl groups is 1. The standard InChI is InChI=1S/C17H25NO3/c1-2-15(14-9-5-6-10-16(14)19)18-11-12-7-3-4-8-13(12)17(20)21/h5-6,9-10,12-13,15,18-19H,2-4,7-8,11H2,1H3,(H,20,21). The third kappa shape index (κ3) is 3.97. The Morgan fingerprint density at radius 3 is 2.71 bits per heavy atom. The SMILES string of the molecule is CCC(NCC1CCCCC1C(=O)O)c1ccccc1O. The second-order valence-electron chi connectivity index (χ2n) is 5.92. The molecule has 4 heteroatoms. The molecule has 2 rings (SSSR count). The van der Waals surface area contributed by atoms with E-state index in [1.165, 1.54) is 0 Å². The number of aliphatic carboxylic acids is 1. The van der Waals surface area contributed by atoms with Gasteiger partial charge >= 0.3 is 5.97 Å². The lowest BCUT2D eigenvalue weighted by Crippen LogP contribution is -2.36. The van der Waals surface area contributed by atoms with E-state index in [2.05, 4.69) is 12.2 Å². The van der Waals surface area contributed by atoms with E-state index < -0.39 is 5.97 Å². The van der Waals surface area contributed by atoms with Crippen LogP contribution in [0.2, 0.25) is 0 Å². The number of carbonyl (C=O) groups is 1. The summed E-state index contributed by atoms with van der Waals surface area (Å²) >= 11 is 0. The molecule has 3 atom stereocenters. The number of benzene rings is 1. The quantitative estimate of drug-likeness (QED) is 0.752. The monoisotopic (exact) mass is 291 g/mol. The average molecular weight is 291 g/mol. The normalized spacial score (nSPS) is 23.7. The fourth-order valence-corrected chi connectivity index (χ4v) is 3.33. The van der Waals surface area contributed by atoms with Crippen molar-refractivity contribution >= 4 is 5.97 Å². The zero-order valence-corrected chi connectivity index (χ0v) is 12.6. The molecule has 0 amide bonds. The van der Waals surface area contributed by atoms with E-state index in [0.29, 0.717) is 12.3 Å². The van der Waals surface area contributed by atoms with Crippen LogP contribution >= 0.6 is 0 Å². The molecule has 1 saturated carbocycles. The first-order valence-corrected chi connectivity index (χ1v) is 7.87. The van der Waals surface area contributed by atoms with Gasteiger partial charge in [-0.15, -0.1) is 0 Å². The number of carboxylic acid groups (broad SMARTS) is 1. The summed E-state index contributed by atoms with van der Waals surface area (Å²) < 4.78 is 0. The highest BCUT2D eigenvalue weighted by Gasteiger charge is 2.31. The molecule has 1 aromatic rings. The molecule has 3 N–H and O–H groups in total. The second-order valence-corrected chi connectivity index (χ2v) is 5.92. The minimum Gasteiger partial charge on any atom is -0.508 e. The van der Waals surface area contributed by atoms with Gasteiger partial charge in [0.05, 0.1) is 5.92 Å². The molecule has 1 aromatic carbocycles. The van der Waals surface area contributed by atoms with Crippen LogP contribution in [0.3, 0.4) is 0 Å². The van der Waals surface area contributed by atoms with Crippen LogP contribution in [0.5, 0.6) is 5.75 Å². The fourth-order valence-electron chi connectivity index (χ4n) is 3.33. The van der Waals surface area contributed by atoms with E-state index in [1.807, 2.05) is 18.2 Å². The predicted molar refractivity (Wildman–Crippen MR) is 82.2 cm³/mol. The maximum Gasteiger partial charge on any atom is 0.306 e. The Morgan fingerprint density at radius 1 is 1.33 bits per heavy atom. The maximum absolute atomic E-state index is 11.3. The van der Waals surface area contributed by atoms with Crippen molar-refractivity contribution in [3.05, 3.63) is 29.8 Å². The van der Waals surface area contributed by atoms with Gasteiger partial charge in [-0.25, -0.2) is 0 Å². The number of nitrogens with one attached hydrogen (secondary N) is 1. The van der Waals surface area contributed by atoms with Crippen LogP contribution in [0, 0.1) is 11.8 Å². The van der Waals surface area contributed by atoms with Crippen LogP contribution in [0.25, 0.3) is 0 Å². The van der Waals surface area contributed by atoms with Crippen molar-refractivity contribution in [3.63, 3.8) is 0 Å². The van der Waals surface area contributed by atoms with Gasteiger partial charge in [-0.3, -0.25) is 4.79 Å². The van der Waals surface area contributed by atoms with Crippen molar-refractivity contribution < 1.29 is 15.0 Å². The topological polar surface area (TPSA) is 69.6 Å². The van der Waals surface area contributed by atoms with Gasteiger partial charge in [-0.1, -0.05) is 38.0 Å². The van der Waals surface area contributed by atoms with Gasteiger partial charge in [-0.05, 0) is 37.8 Å². The molecule has 0 radical (unpaired) electrons. The Balaban J connectivity index is 1.99. The van der Waals surface area contributed by atoms with Crippen LogP contribution in [-0.2, 0) is 4.79 Å². The number of phenols is 1. The molecule has 21 heavy (non-hydrogen) atoms. The number of hydrogen-bond donors (Lipinski definition) is 3. The van der Waals surface area contributed by atoms with E-state index in [1.54, 1.807) is 6.07 Å². The predicted octanol–water partition coefficient (Wildman–Crippen LogP) is 3.32. The van der Waals surface area contributed by atoms with E-state index in [9.17, 15) is 15.0 Å². The van der Waals surface area contributed by atoms with Crippen molar-refractivity contribution in [2.24, 2.45) is 11.8 Å². The zero-order valence-electron chi connectivity index (χ0n) is 12.6. The molecule has 3 unspecified atom stereocenters. The maximum atomic E-state index is 11.3. The third-order valence-electron chi connectivity index (χ3n) is 4.57. The van der Waals surface area contributed by atoms with E-state index in [0.717, 1.165) is 37.7 Å². The zero-order chi connectivity index (χ0) is 15.2. The molecular weight excluding hydrogens is 266 g/mol. The number of phenolic OH excluding ortho intramolecular Hbond substituents is 1. The van der Waals surface area contributed by atoms with E-state index >= 15 is 0 Å². The largest absolute Gasteiger partial charge is 0.508 e. The van der Waals surface area contributed by atoms with Crippen LogP contribution in [0.1, 0.15) is 50.6 Å². The molecule has 1 aliphatic rings. The molecule has 4 nitrogen and oxygen atoms in total. The minimum absolute atomic E-state index is 0.0718. The lowest BCUT2D eigenvalue weighted by molar-refractivity contribution is -0.144. The van der Waals surface area contributed by atoms with Crippen molar-refractivity contribution in [2.75, 3.05) is 6.54 Å². The molecule has 0 aromatic heterocycles. The van der Waals surface area contributed by atoms with Gasteiger partial charge < -0.3 is 15.5 Å². The summed E-state index contributed by atoms with van der Waals surface area (Å²) in [5.41, 5.74) is 0.891. The second kappa shape index (κ2) is 7.46. The van der Waals surface area contributed by atoms with Crippen LogP contribution in [-0.4, -0.2) is 22.7 Å². The van der Waals surface area contributed by atoms with E-state index in [-0.39, 0.29) is 17.9 Å². The number of carboxylic acids is 1. The van der Waals surface area contributed by atoms with Crippen molar-refractivity contribution in [2.45, 2.75) is 45.1 Å². The summed E-state index contributed by atoms with van der Waals surface area (Å²) in [6.45, 7) is 2.77. The summed E-state index contributed by atoms with van der Waals surface area (Å²) in [6.07, 6.45) is 4.76. The Morgan fingerprint density at radius 2 is 2.05 bits per heavy atom. The first-order valence-electron chi connectivity index (χ1n) is 7.87. The number of rotatable bonds is 6. The van der Waals surface area contributed by atoms with Crippen LogP contribution in [0.4, 0.5) is 0 Å². The van der Waals surface area contributed by atoms with Gasteiger partial charge in [0.25, 0.3) is 0 Å². The fraction of sp³-hybridized carbons (Fsp3) is 0.588. The molecule has 0 heterocycles.